The fraction of sp³-hybridized carbons (Fsp3) is 0.278. The SMILES string of the molecule is CC(C)(Oc1ccc(Cl)cc1)C(=O)Nc1ccc(OCCN)cc1.Cl. The summed E-state index contributed by atoms with van der Waals surface area (Å²) in [7, 11) is 0. The van der Waals surface area contributed by atoms with E-state index in [1.54, 1.807) is 62.4 Å². The lowest BCUT2D eigenvalue weighted by Crippen LogP contribution is -2.42. The van der Waals surface area contributed by atoms with Gasteiger partial charge in [-0.3, -0.25) is 4.79 Å². The summed E-state index contributed by atoms with van der Waals surface area (Å²) in [5.74, 6) is 1.02. The maximum atomic E-state index is 12.5. The Hall–Kier alpha value is -1.95. The van der Waals surface area contributed by atoms with E-state index in [0.717, 1.165) is 0 Å². The predicted octanol–water partition coefficient (Wildman–Crippen LogP) is 3.90. The van der Waals surface area contributed by atoms with Gasteiger partial charge in [-0.1, -0.05) is 11.6 Å². The maximum absolute atomic E-state index is 12.5. The van der Waals surface area contributed by atoms with Crippen LogP contribution in [0.1, 0.15) is 13.8 Å². The molecule has 0 saturated carbocycles. The molecule has 0 unspecified atom stereocenters. The van der Waals surface area contributed by atoms with Crippen molar-refractivity contribution in [2.45, 2.75) is 19.4 Å². The van der Waals surface area contributed by atoms with E-state index in [9.17, 15) is 4.79 Å². The van der Waals surface area contributed by atoms with E-state index in [-0.39, 0.29) is 18.3 Å². The van der Waals surface area contributed by atoms with Crippen molar-refractivity contribution in [3.05, 3.63) is 53.6 Å². The highest BCUT2D eigenvalue weighted by Gasteiger charge is 2.30. The molecule has 0 heterocycles. The Kier molecular flexibility index (Phi) is 8.03. The molecule has 0 aromatic heterocycles. The van der Waals surface area contributed by atoms with E-state index in [2.05, 4.69) is 5.32 Å². The van der Waals surface area contributed by atoms with Gasteiger partial charge in [-0.2, -0.15) is 0 Å². The second kappa shape index (κ2) is 9.51. The van der Waals surface area contributed by atoms with Gasteiger partial charge in [0.25, 0.3) is 5.91 Å². The number of carbonyl (C=O) groups is 1. The van der Waals surface area contributed by atoms with E-state index in [1.165, 1.54) is 0 Å². The number of nitrogens with one attached hydrogen (secondary N) is 1. The largest absolute Gasteiger partial charge is 0.492 e. The fourth-order valence-corrected chi connectivity index (χ4v) is 2.06. The highest BCUT2D eigenvalue weighted by molar-refractivity contribution is 6.30. The smallest absolute Gasteiger partial charge is 0.267 e. The van der Waals surface area contributed by atoms with E-state index < -0.39 is 5.60 Å². The van der Waals surface area contributed by atoms with Crippen molar-refractivity contribution in [2.75, 3.05) is 18.5 Å². The van der Waals surface area contributed by atoms with Gasteiger partial charge < -0.3 is 20.5 Å². The molecule has 3 N–H and O–H groups in total. The molecule has 2 aromatic rings. The standard InChI is InChI=1S/C18H21ClN2O3.ClH/c1-18(2,24-16-7-3-13(19)4-8-16)17(22)21-14-5-9-15(10-6-14)23-12-11-20;/h3-10H,11-12,20H2,1-2H3,(H,21,22);1H. The highest BCUT2D eigenvalue weighted by atomic mass is 35.5. The monoisotopic (exact) mass is 384 g/mol. The van der Waals surface area contributed by atoms with Crippen molar-refractivity contribution in [3.63, 3.8) is 0 Å². The Morgan fingerprint density at radius 1 is 1.08 bits per heavy atom. The fourth-order valence-electron chi connectivity index (χ4n) is 1.94. The summed E-state index contributed by atoms with van der Waals surface area (Å²) < 4.78 is 11.2. The Balaban J connectivity index is 0.00000312. The van der Waals surface area contributed by atoms with Crippen LogP contribution in [0.2, 0.25) is 5.02 Å². The number of carbonyl (C=O) groups excluding carboxylic acids is 1. The first kappa shape index (κ1) is 21.1. The molecule has 7 heteroatoms. The number of rotatable bonds is 7. The number of anilines is 1. The van der Waals surface area contributed by atoms with Crippen molar-refractivity contribution in [1.29, 1.82) is 0 Å². The Morgan fingerprint density at radius 2 is 1.64 bits per heavy atom. The summed E-state index contributed by atoms with van der Waals surface area (Å²) in [4.78, 5) is 12.5. The van der Waals surface area contributed by atoms with Crippen LogP contribution in [0, 0.1) is 0 Å². The van der Waals surface area contributed by atoms with E-state index in [0.29, 0.717) is 35.4 Å². The minimum atomic E-state index is -1.04. The van der Waals surface area contributed by atoms with Gasteiger partial charge in [-0.25, -0.2) is 0 Å². The minimum Gasteiger partial charge on any atom is -0.492 e. The van der Waals surface area contributed by atoms with Gasteiger partial charge in [0.05, 0.1) is 0 Å². The topological polar surface area (TPSA) is 73.6 Å². The van der Waals surface area contributed by atoms with Crippen molar-refractivity contribution >= 4 is 35.6 Å². The number of benzene rings is 2. The molecule has 0 spiro atoms. The van der Waals surface area contributed by atoms with Crippen LogP contribution < -0.4 is 20.5 Å². The molecule has 0 aliphatic rings. The predicted molar refractivity (Wildman–Crippen MR) is 103 cm³/mol. The van der Waals surface area contributed by atoms with Crippen LogP contribution in [-0.2, 0) is 4.79 Å². The Bertz CT molecular complexity index is 674. The summed E-state index contributed by atoms with van der Waals surface area (Å²) in [6.45, 7) is 4.31. The van der Waals surface area contributed by atoms with Gasteiger partial charge in [0.1, 0.15) is 18.1 Å². The lowest BCUT2D eigenvalue weighted by Gasteiger charge is -2.25. The lowest BCUT2D eigenvalue weighted by atomic mass is 10.1. The first-order valence-corrected chi connectivity index (χ1v) is 7.97. The van der Waals surface area contributed by atoms with Crippen LogP contribution >= 0.6 is 24.0 Å². The molecular weight excluding hydrogens is 363 g/mol. The van der Waals surface area contributed by atoms with Crippen LogP contribution in [-0.4, -0.2) is 24.7 Å². The maximum Gasteiger partial charge on any atom is 0.267 e. The summed E-state index contributed by atoms with van der Waals surface area (Å²) in [6, 6.07) is 14.0. The molecule has 0 saturated heterocycles. The van der Waals surface area contributed by atoms with Gasteiger partial charge in [0.15, 0.2) is 5.60 Å². The first-order chi connectivity index (χ1) is 11.4. The minimum absolute atomic E-state index is 0. The molecule has 2 aromatic carbocycles. The van der Waals surface area contributed by atoms with Gasteiger partial charge in [0, 0.05) is 17.3 Å². The zero-order valence-electron chi connectivity index (χ0n) is 14.1. The molecule has 25 heavy (non-hydrogen) atoms. The van der Waals surface area contributed by atoms with Crippen molar-refractivity contribution < 1.29 is 14.3 Å². The third kappa shape index (κ3) is 6.46. The molecule has 5 nitrogen and oxygen atoms in total. The third-order valence-electron chi connectivity index (χ3n) is 3.23. The number of hydrogen-bond donors (Lipinski definition) is 2. The summed E-state index contributed by atoms with van der Waals surface area (Å²) in [6.07, 6.45) is 0. The highest BCUT2D eigenvalue weighted by Crippen LogP contribution is 2.23. The second-order valence-electron chi connectivity index (χ2n) is 5.68. The van der Waals surface area contributed by atoms with Crippen LogP contribution in [0.25, 0.3) is 0 Å². The number of hydrogen-bond acceptors (Lipinski definition) is 4. The molecule has 136 valence electrons. The average Bonchev–Trinajstić information content (AvgIpc) is 2.56. The first-order valence-electron chi connectivity index (χ1n) is 7.60. The zero-order chi connectivity index (χ0) is 17.6. The number of nitrogens with two attached hydrogens (primary N) is 1. The van der Waals surface area contributed by atoms with Crippen LogP contribution in [0.5, 0.6) is 11.5 Å². The van der Waals surface area contributed by atoms with Gasteiger partial charge in [0.2, 0.25) is 0 Å². The Morgan fingerprint density at radius 3 is 2.20 bits per heavy atom. The quantitative estimate of drug-likeness (QED) is 0.758. The van der Waals surface area contributed by atoms with E-state index in [4.69, 9.17) is 26.8 Å². The molecule has 0 fully saturated rings. The molecular formula is C18H22Cl2N2O3. The van der Waals surface area contributed by atoms with E-state index in [1.807, 2.05) is 0 Å². The molecule has 0 aliphatic carbocycles. The Labute approximate surface area is 158 Å². The van der Waals surface area contributed by atoms with Crippen LogP contribution in [0.3, 0.4) is 0 Å². The van der Waals surface area contributed by atoms with Gasteiger partial charge >= 0.3 is 0 Å². The van der Waals surface area contributed by atoms with E-state index >= 15 is 0 Å². The number of amides is 1. The zero-order valence-corrected chi connectivity index (χ0v) is 15.7. The third-order valence-corrected chi connectivity index (χ3v) is 3.48. The van der Waals surface area contributed by atoms with Crippen molar-refractivity contribution in [3.8, 4) is 11.5 Å². The number of ether oxygens (including phenoxy) is 2. The van der Waals surface area contributed by atoms with Crippen molar-refractivity contribution in [1.82, 2.24) is 0 Å². The summed E-state index contributed by atoms with van der Waals surface area (Å²) in [5.41, 5.74) is 5.01. The molecule has 2 rings (SSSR count). The van der Waals surface area contributed by atoms with Crippen molar-refractivity contribution in [2.24, 2.45) is 5.73 Å². The number of halogens is 2. The molecule has 0 radical (unpaired) electrons. The summed E-state index contributed by atoms with van der Waals surface area (Å²) >= 11 is 5.85. The average molecular weight is 385 g/mol. The molecule has 0 bridgehead atoms. The van der Waals surface area contributed by atoms with Crippen LogP contribution in [0.4, 0.5) is 5.69 Å². The molecule has 0 atom stereocenters. The van der Waals surface area contributed by atoms with Gasteiger partial charge in [-0.05, 0) is 62.4 Å². The molecule has 0 aliphatic heterocycles. The second-order valence-corrected chi connectivity index (χ2v) is 6.12. The summed E-state index contributed by atoms with van der Waals surface area (Å²) in [5, 5.41) is 3.44. The molecule has 1 amide bonds. The van der Waals surface area contributed by atoms with Gasteiger partial charge in [-0.15, -0.1) is 12.4 Å². The lowest BCUT2D eigenvalue weighted by molar-refractivity contribution is -0.128. The normalized spacial score (nSPS) is 10.6. The van der Waals surface area contributed by atoms with Crippen LogP contribution in [0.15, 0.2) is 48.5 Å².